The highest BCUT2D eigenvalue weighted by Crippen LogP contribution is 2.34. The average molecular weight is 434 g/mol. The van der Waals surface area contributed by atoms with Gasteiger partial charge in [-0.3, -0.25) is 4.79 Å². The van der Waals surface area contributed by atoms with Crippen molar-refractivity contribution in [1.29, 1.82) is 0 Å². The molecular weight excluding hydrogens is 410 g/mol. The number of esters is 2. The van der Waals surface area contributed by atoms with Crippen molar-refractivity contribution in [3.63, 3.8) is 0 Å². The van der Waals surface area contributed by atoms with Crippen LogP contribution < -0.4 is 5.32 Å². The molecule has 29 heavy (non-hydrogen) atoms. The van der Waals surface area contributed by atoms with Crippen molar-refractivity contribution in [2.45, 2.75) is 20.5 Å². The van der Waals surface area contributed by atoms with Gasteiger partial charge in [0.1, 0.15) is 16.5 Å². The number of carbonyl (C=O) groups excluding carboxylic acids is 3. The van der Waals surface area contributed by atoms with Crippen LogP contribution in [0.15, 0.2) is 43.0 Å². The highest BCUT2D eigenvalue weighted by Gasteiger charge is 2.27. The van der Waals surface area contributed by atoms with Gasteiger partial charge in [0.2, 0.25) is 5.91 Å². The summed E-state index contributed by atoms with van der Waals surface area (Å²) in [6, 6.07) is 9.30. The monoisotopic (exact) mass is 433 g/mol. The minimum Gasteiger partial charge on any atom is -0.462 e. The van der Waals surface area contributed by atoms with Gasteiger partial charge in [-0.2, -0.15) is 0 Å². The molecule has 0 bridgehead atoms. The Hall–Kier alpha value is -2.58. The summed E-state index contributed by atoms with van der Waals surface area (Å²) in [4.78, 5) is 37.5. The summed E-state index contributed by atoms with van der Waals surface area (Å²) in [6.07, 6.45) is 1.71. The molecule has 0 unspecified atom stereocenters. The first-order valence-corrected chi connectivity index (χ1v) is 10.9. The molecule has 2 rings (SSSR count). The predicted molar refractivity (Wildman–Crippen MR) is 117 cm³/mol. The fourth-order valence-corrected chi connectivity index (χ4v) is 4.08. The van der Waals surface area contributed by atoms with Crippen molar-refractivity contribution in [2.75, 3.05) is 23.4 Å². The largest absolute Gasteiger partial charge is 0.462 e. The fraction of sp³-hybridized carbons (Fsp3) is 0.286. The fourth-order valence-electron chi connectivity index (χ4n) is 2.43. The van der Waals surface area contributed by atoms with Crippen LogP contribution in [0.2, 0.25) is 0 Å². The van der Waals surface area contributed by atoms with E-state index < -0.39 is 11.9 Å². The van der Waals surface area contributed by atoms with Crippen LogP contribution in [0.4, 0.5) is 5.00 Å². The second kappa shape index (κ2) is 11.4. The lowest BCUT2D eigenvalue weighted by atomic mass is 10.1. The number of benzene rings is 1. The number of ether oxygens (including phenoxy) is 2. The zero-order valence-corrected chi connectivity index (χ0v) is 18.0. The number of nitrogens with one attached hydrogen (secondary N) is 1. The molecular formula is C21H23NO5S2. The number of amides is 1. The van der Waals surface area contributed by atoms with E-state index in [1.165, 1.54) is 11.8 Å². The van der Waals surface area contributed by atoms with Gasteiger partial charge >= 0.3 is 11.9 Å². The lowest BCUT2D eigenvalue weighted by Gasteiger charge is -2.06. The zero-order valence-electron chi connectivity index (χ0n) is 16.4. The van der Waals surface area contributed by atoms with Gasteiger partial charge in [0, 0.05) is 5.75 Å². The summed E-state index contributed by atoms with van der Waals surface area (Å²) >= 11 is 2.41. The minimum atomic E-state index is -0.586. The van der Waals surface area contributed by atoms with Gasteiger partial charge in [-0.25, -0.2) is 9.59 Å². The smallest absolute Gasteiger partial charge is 0.349 e. The Bertz CT molecular complexity index is 877. The van der Waals surface area contributed by atoms with E-state index >= 15 is 0 Å². The normalized spacial score (nSPS) is 10.3. The molecule has 154 valence electrons. The molecule has 0 aliphatic carbocycles. The molecule has 2 aromatic rings. The van der Waals surface area contributed by atoms with Gasteiger partial charge < -0.3 is 14.8 Å². The van der Waals surface area contributed by atoms with E-state index in [-0.39, 0.29) is 40.3 Å². The molecule has 0 radical (unpaired) electrons. The molecule has 0 saturated carbocycles. The molecule has 0 saturated heterocycles. The first kappa shape index (κ1) is 22.7. The van der Waals surface area contributed by atoms with Crippen LogP contribution >= 0.6 is 23.1 Å². The molecule has 8 heteroatoms. The third-order valence-corrected chi connectivity index (χ3v) is 5.87. The van der Waals surface area contributed by atoms with Gasteiger partial charge in [0.05, 0.1) is 17.9 Å². The summed E-state index contributed by atoms with van der Waals surface area (Å²) in [5, 5.41) is 3.00. The lowest BCUT2D eigenvalue weighted by molar-refractivity contribution is -0.113. The summed E-state index contributed by atoms with van der Waals surface area (Å²) < 4.78 is 10.5. The van der Waals surface area contributed by atoms with Crippen molar-refractivity contribution >= 4 is 45.9 Å². The van der Waals surface area contributed by atoms with Gasteiger partial charge in [-0.05, 0) is 25.0 Å². The minimum absolute atomic E-state index is 0.117. The van der Waals surface area contributed by atoms with Gasteiger partial charge in [-0.1, -0.05) is 36.4 Å². The number of rotatable bonds is 10. The third-order valence-electron chi connectivity index (χ3n) is 3.75. The van der Waals surface area contributed by atoms with Crippen LogP contribution in [0.5, 0.6) is 0 Å². The number of hydrogen-bond donors (Lipinski definition) is 1. The standard InChI is InChI=1S/C21H23NO5S2/c1-4-11-28-13-16(23)22-19-17(20(24)26-5-2)14(3)18(29-19)21(25)27-12-15-9-7-6-8-10-15/h4,6-10H,1,5,11-13H2,2-3H3,(H,22,23). The van der Waals surface area contributed by atoms with Crippen molar-refractivity contribution in [2.24, 2.45) is 0 Å². The molecule has 1 aromatic carbocycles. The van der Waals surface area contributed by atoms with Gasteiger partial charge in [0.15, 0.2) is 0 Å². The zero-order chi connectivity index (χ0) is 21.2. The summed E-state index contributed by atoms with van der Waals surface area (Å²) in [5.41, 5.74) is 1.47. The van der Waals surface area contributed by atoms with Crippen molar-refractivity contribution in [3.8, 4) is 0 Å². The van der Waals surface area contributed by atoms with Crippen LogP contribution in [-0.2, 0) is 20.9 Å². The SMILES string of the molecule is C=CCSCC(=O)Nc1sc(C(=O)OCc2ccccc2)c(C)c1C(=O)OCC. The second-order valence-electron chi connectivity index (χ2n) is 5.89. The Morgan fingerprint density at radius 2 is 1.90 bits per heavy atom. The van der Waals surface area contributed by atoms with Crippen LogP contribution in [-0.4, -0.2) is 36.0 Å². The molecule has 1 amide bonds. The van der Waals surface area contributed by atoms with Crippen LogP contribution in [0.1, 0.15) is 38.1 Å². The number of hydrogen-bond acceptors (Lipinski definition) is 7. The topological polar surface area (TPSA) is 81.7 Å². The number of carbonyl (C=O) groups is 3. The van der Waals surface area contributed by atoms with Crippen molar-refractivity contribution < 1.29 is 23.9 Å². The van der Waals surface area contributed by atoms with Gasteiger partial charge in [-0.15, -0.1) is 29.7 Å². The highest BCUT2D eigenvalue weighted by atomic mass is 32.2. The maximum atomic E-state index is 12.6. The Morgan fingerprint density at radius 3 is 2.55 bits per heavy atom. The molecule has 1 heterocycles. The van der Waals surface area contributed by atoms with E-state index in [1.54, 1.807) is 19.9 Å². The van der Waals surface area contributed by atoms with E-state index in [4.69, 9.17) is 9.47 Å². The van der Waals surface area contributed by atoms with Crippen LogP contribution in [0.3, 0.4) is 0 Å². The molecule has 0 aliphatic heterocycles. The van der Waals surface area contributed by atoms with Gasteiger partial charge in [0.25, 0.3) is 0 Å². The highest BCUT2D eigenvalue weighted by molar-refractivity contribution is 8.00. The first-order valence-electron chi connectivity index (χ1n) is 8.97. The molecule has 1 N–H and O–H groups in total. The van der Waals surface area contributed by atoms with Crippen LogP contribution in [0.25, 0.3) is 0 Å². The molecule has 0 fully saturated rings. The number of thiophene rings is 1. The van der Waals surface area contributed by atoms with Crippen molar-refractivity contribution in [1.82, 2.24) is 0 Å². The summed E-state index contributed by atoms with van der Waals surface area (Å²) in [5.74, 6) is -0.564. The maximum absolute atomic E-state index is 12.6. The molecule has 1 aromatic heterocycles. The van der Waals surface area contributed by atoms with E-state index in [0.717, 1.165) is 16.9 Å². The Balaban J connectivity index is 2.21. The molecule has 0 atom stereocenters. The Morgan fingerprint density at radius 1 is 1.17 bits per heavy atom. The summed E-state index contributed by atoms with van der Waals surface area (Å²) in [7, 11) is 0. The Labute approximate surface area is 178 Å². The van der Waals surface area contributed by atoms with E-state index in [0.29, 0.717) is 11.3 Å². The Kier molecular flexibility index (Phi) is 8.95. The molecule has 0 aliphatic rings. The van der Waals surface area contributed by atoms with E-state index in [9.17, 15) is 14.4 Å². The van der Waals surface area contributed by atoms with E-state index in [1.807, 2.05) is 30.3 Å². The van der Waals surface area contributed by atoms with E-state index in [2.05, 4.69) is 11.9 Å². The molecule has 0 spiro atoms. The van der Waals surface area contributed by atoms with Crippen molar-refractivity contribution in [3.05, 3.63) is 64.6 Å². The average Bonchev–Trinajstić information content (AvgIpc) is 3.03. The third kappa shape index (κ3) is 6.47. The lowest BCUT2D eigenvalue weighted by Crippen LogP contribution is -2.16. The molecule has 6 nitrogen and oxygen atoms in total. The summed E-state index contributed by atoms with van der Waals surface area (Å²) in [6.45, 7) is 7.25. The second-order valence-corrected chi connectivity index (χ2v) is 7.95. The number of thioether (sulfide) groups is 1. The number of anilines is 1. The first-order chi connectivity index (χ1) is 14.0. The van der Waals surface area contributed by atoms with Crippen LogP contribution in [0, 0.1) is 6.92 Å². The quantitative estimate of drug-likeness (QED) is 0.339. The predicted octanol–water partition coefficient (Wildman–Crippen LogP) is 4.45. The maximum Gasteiger partial charge on any atom is 0.349 e.